The molecule has 1 aliphatic heterocycles. The van der Waals surface area contributed by atoms with E-state index < -0.39 is 5.97 Å². The van der Waals surface area contributed by atoms with Crippen molar-refractivity contribution >= 4 is 11.7 Å². The van der Waals surface area contributed by atoms with Crippen molar-refractivity contribution < 1.29 is 9.90 Å². The van der Waals surface area contributed by atoms with Gasteiger partial charge in [0, 0.05) is 37.1 Å². The Balaban J connectivity index is 1.31. The molecule has 0 amide bonds. The number of carboxylic acids is 1. The molecule has 34 heavy (non-hydrogen) atoms. The average Bonchev–Trinajstić information content (AvgIpc) is 3.66. The molecule has 1 aromatic heterocycles. The number of carboxylic acid groups (broad SMARTS) is 1. The molecule has 1 N–H and O–H groups in total. The summed E-state index contributed by atoms with van der Waals surface area (Å²) in [4.78, 5) is 23.4. The second-order valence-corrected chi connectivity index (χ2v) is 9.79. The van der Waals surface area contributed by atoms with Gasteiger partial charge in [-0.1, -0.05) is 48.5 Å². The van der Waals surface area contributed by atoms with Gasteiger partial charge in [-0.05, 0) is 79.1 Å². The maximum Gasteiger partial charge on any atom is 0.335 e. The van der Waals surface area contributed by atoms with E-state index in [0.29, 0.717) is 11.5 Å². The number of benzene rings is 2. The number of aliphatic imine (C=N–C) groups is 1. The third-order valence-electron chi connectivity index (χ3n) is 7.27. The lowest BCUT2D eigenvalue weighted by molar-refractivity contribution is 0.0696. The quantitative estimate of drug-likeness (QED) is 0.507. The molecule has 1 unspecified atom stereocenters. The van der Waals surface area contributed by atoms with Crippen molar-refractivity contribution in [1.82, 2.24) is 9.88 Å². The molecule has 2 fully saturated rings. The first-order valence-electron chi connectivity index (χ1n) is 12.1. The topological polar surface area (TPSA) is 65.8 Å². The van der Waals surface area contributed by atoms with Crippen LogP contribution in [0.5, 0.6) is 0 Å². The van der Waals surface area contributed by atoms with Gasteiger partial charge in [-0.15, -0.1) is 0 Å². The number of rotatable bonds is 8. The van der Waals surface area contributed by atoms with Crippen LogP contribution >= 0.6 is 0 Å². The minimum Gasteiger partial charge on any atom is -0.478 e. The molecule has 5 rings (SSSR count). The van der Waals surface area contributed by atoms with Gasteiger partial charge in [-0.2, -0.15) is 0 Å². The number of aromatic carboxylic acids is 1. The molecule has 0 radical (unpaired) electrons. The number of nitrogens with zero attached hydrogens (tertiary/aromatic N) is 3. The molecule has 1 atom stereocenters. The predicted molar refractivity (Wildman–Crippen MR) is 134 cm³/mol. The van der Waals surface area contributed by atoms with Crippen molar-refractivity contribution in [2.75, 3.05) is 19.6 Å². The highest BCUT2D eigenvalue weighted by Crippen LogP contribution is 2.40. The number of likely N-dealkylation sites (tertiary alicyclic amines) is 1. The zero-order valence-corrected chi connectivity index (χ0v) is 19.4. The SMILES string of the molecule is O=C(O)c1cccc(CC2(CN=C3CC3c3ccccc3)CCN(Cc3cccnc3)CC2)c1. The van der Waals surface area contributed by atoms with Gasteiger partial charge in [0.1, 0.15) is 0 Å². The maximum atomic E-state index is 11.5. The molecule has 1 aliphatic carbocycles. The molecule has 3 aromatic rings. The van der Waals surface area contributed by atoms with Crippen LogP contribution in [0.3, 0.4) is 0 Å². The smallest absolute Gasteiger partial charge is 0.335 e. The molecule has 2 heterocycles. The zero-order valence-electron chi connectivity index (χ0n) is 19.4. The van der Waals surface area contributed by atoms with E-state index in [1.54, 1.807) is 6.07 Å². The lowest BCUT2D eigenvalue weighted by atomic mass is 9.73. The van der Waals surface area contributed by atoms with Crippen LogP contribution in [0.4, 0.5) is 0 Å². The van der Waals surface area contributed by atoms with E-state index in [2.05, 4.69) is 52.3 Å². The van der Waals surface area contributed by atoms with Crippen LogP contribution in [0.25, 0.3) is 0 Å². The van der Waals surface area contributed by atoms with Crippen molar-refractivity contribution in [2.24, 2.45) is 10.4 Å². The van der Waals surface area contributed by atoms with Gasteiger partial charge in [0.15, 0.2) is 0 Å². The first-order valence-corrected chi connectivity index (χ1v) is 12.1. The second-order valence-electron chi connectivity index (χ2n) is 9.79. The normalized spacial score (nSPS) is 20.8. The molecule has 0 bridgehead atoms. The summed E-state index contributed by atoms with van der Waals surface area (Å²) in [6, 6.07) is 22.2. The largest absolute Gasteiger partial charge is 0.478 e. The molecule has 1 saturated heterocycles. The van der Waals surface area contributed by atoms with Crippen LogP contribution in [-0.4, -0.2) is 46.3 Å². The molecule has 2 aromatic carbocycles. The van der Waals surface area contributed by atoms with Crippen LogP contribution in [0.2, 0.25) is 0 Å². The lowest BCUT2D eigenvalue weighted by Crippen LogP contribution is -2.42. The second kappa shape index (κ2) is 9.90. The minimum atomic E-state index is -0.869. The van der Waals surface area contributed by atoms with Crippen LogP contribution < -0.4 is 0 Å². The van der Waals surface area contributed by atoms with Crippen molar-refractivity contribution in [1.29, 1.82) is 0 Å². The lowest BCUT2D eigenvalue weighted by Gasteiger charge is -2.41. The Bertz CT molecular complexity index is 1150. The van der Waals surface area contributed by atoms with Crippen molar-refractivity contribution in [3.8, 4) is 0 Å². The molecule has 174 valence electrons. The number of piperidine rings is 1. The molecule has 1 saturated carbocycles. The number of carbonyl (C=O) groups is 1. The Hall–Kier alpha value is -3.31. The van der Waals surface area contributed by atoms with Gasteiger partial charge in [-0.3, -0.25) is 14.9 Å². The standard InChI is InChI=1S/C29H31N3O2/c33-28(34)25-10-4-6-22(16-25)18-29(21-31-27-17-26(27)24-8-2-1-3-9-24)11-14-32(15-12-29)20-23-7-5-13-30-19-23/h1-10,13,16,19,26H,11-12,14-15,17-18,20-21H2,(H,33,34). The van der Waals surface area contributed by atoms with Gasteiger partial charge in [0.25, 0.3) is 0 Å². The number of hydrogen-bond donors (Lipinski definition) is 1. The molecule has 2 aliphatic rings. The van der Waals surface area contributed by atoms with Gasteiger partial charge < -0.3 is 5.11 Å². The number of pyridine rings is 1. The number of hydrogen-bond acceptors (Lipinski definition) is 4. The summed E-state index contributed by atoms with van der Waals surface area (Å²) in [6.45, 7) is 3.76. The van der Waals surface area contributed by atoms with Gasteiger partial charge in [-0.25, -0.2) is 4.79 Å². The molecule has 0 spiro atoms. The third kappa shape index (κ3) is 5.42. The Morgan fingerprint density at radius 1 is 1.03 bits per heavy atom. The van der Waals surface area contributed by atoms with Crippen LogP contribution in [0.15, 0.2) is 84.1 Å². The number of aromatic nitrogens is 1. The fourth-order valence-electron chi connectivity index (χ4n) is 5.16. The Morgan fingerprint density at radius 2 is 1.82 bits per heavy atom. The van der Waals surface area contributed by atoms with Gasteiger partial charge >= 0.3 is 5.97 Å². The van der Waals surface area contributed by atoms with Crippen molar-refractivity contribution in [3.63, 3.8) is 0 Å². The average molecular weight is 454 g/mol. The van der Waals surface area contributed by atoms with E-state index >= 15 is 0 Å². The monoisotopic (exact) mass is 453 g/mol. The predicted octanol–water partition coefficient (Wildman–Crippen LogP) is 5.23. The van der Waals surface area contributed by atoms with E-state index in [1.807, 2.05) is 30.6 Å². The Morgan fingerprint density at radius 3 is 2.56 bits per heavy atom. The highest BCUT2D eigenvalue weighted by atomic mass is 16.4. The third-order valence-corrected chi connectivity index (χ3v) is 7.27. The summed E-state index contributed by atoms with van der Waals surface area (Å²) in [6.07, 6.45) is 7.79. The highest BCUT2D eigenvalue weighted by Gasteiger charge is 2.38. The van der Waals surface area contributed by atoms with Gasteiger partial charge in [0.05, 0.1) is 5.56 Å². The summed E-state index contributed by atoms with van der Waals surface area (Å²) >= 11 is 0. The van der Waals surface area contributed by atoms with E-state index in [1.165, 1.54) is 16.8 Å². The van der Waals surface area contributed by atoms with E-state index in [9.17, 15) is 9.90 Å². The summed E-state index contributed by atoms with van der Waals surface area (Å²) in [7, 11) is 0. The van der Waals surface area contributed by atoms with Crippen LogP contribution in [0.1, 0.15) is 52.2 Å². The fraction of sp³-hybridized carbons (Fsp3) is 0.345. The highest BCUT2D eigenvalue weighted by molar-refractivity contribution is 6.05. The molecule has 5 nitrogen and oxygen atoms in total. The minimum absolute atomic E-state index is 0.0550. The van der Waals surface area contributed by atoms with Gasteiger partial charge in [0.2, 0.25) is 0 Å². The van der Waals surface area contributed by atoms with Crippen molar-refractivity contribution in [2.45, 2.75) is 38.1 Å². The Kier molecular flexibility index (Phi) is 6.54. The molecular formula is C29H31N3O2. The van der Waals surface area contributed by atoms with E-state index in [-0.39, 0.29) is 5.41 Å². The van der Waals surface area contributed by atoms with Crippen LogP contribution in [-0.2, 0) is 13.0 Å². The first kappa shape index (κ1) is 22.5. The summed E-state index contributed by atoms with van der Waals surface area (Å²) < 4.78 is 0. The van der Waals surface area contributed by atoms with E-state index in [0.717, 1.165) is 57.4 Å². The molecular weight excluding hydrogens is 422 g/mol. The van der Waals surface area contributed by atoms with Crippen LogP contribution in [0, 0.1) is 5.41 Å². The first-order chi connectivity index (χ1) is 16.6. The fourth-order valence-corrected chi connectivity index (χ4v) is 5.16. The summed E-state index contributed by atoms with van der Waals surface area (Å²) in [5.74, 6) is -0.398. The molecule has 5 heteroatoms. The summed E-state index contributed by atoms with van der Waals surface area (Å²) in [5, 5.41) is 9.44. The van der Waals surface area contributed by atoms with E-state index in [4.69, 9.17) is 4.99 Å². The zero-order chi connectivity index (χ0) is 23.4. The Labute approximate surface area is 201 Å². The van der Waals surface area contributed by atoms with Crippen molar-refractivity contribution in [3.05, 3.63) is 101 Å². The maximum absolute atomic E-state index is 11.5. The summed E-state index contributed by atoms with van der Waals surface area (Å²) in [5.41, 5.74) is 5.42.